The van der Waals surface area contributed by atoms with Crippen molar-refractivity contribution < 1.29 is 46.1 Å². The van der Waals surface area contributed by atoms with Crippen molar-refractivity contribution in [1.82, 2.24) is 34.6 Å². The van der Waals surface area contributed by atoms with Crippen LogP contribution in [0.2, 0.25) is 0 Å². The van der Waals surface area contributed by atoms with Crippen LogP contribution in [0.3, 0.4) is 0 Å². The summed E-state index contributed by atoms with van der Waals surface area (Å²) in [5, 5.41) is 33.3. The molecule has 0 radical (unpaired) electrons. The quantitative estimate of drug-likeness (QED) is 0.0928. The molecule has 1 heterocycles. The molecule has 0 unspecified atom stereocenters. The smallest absolute Gasteiger partial charge is 0.404 e. The van der Waals surface area contributed by atoms with Crippen molar-refractivity contribution >= 4 is 48.7 Å². The number of ether oxygens (including phenoxy) is 3. The van der Waals surface area contributed by atoms with Gasteiger partial charge in [0.2, 0.25) is 20.0 Å². The fourth-order valence-electron chi connectivity index (χ4n) is 5.47. The molecule has 0 fully saturated rings. The molecule has 5 rings (SSSR count). The van der Waals surface area contributed by atoms with Gasteiger partial charge in [0, 0.05) is 23.2 Å². The van der Waals surface area contributed by atoms with E-state index in [0.717, 1.165) is 15.9 Å². The summed E-state index contributed by atoms with van der Waals surface area (Å²) in [6.07, 6.45) is -1.45. The van der Waals surface area contributed by atoms with E-state index in [4.69, 9.17) is 19.3 Å². The lowest BCUT2D eigenvalue weighted by atomic mass is 10.2. The number of hydrogen-bond donors (Lipinski definition) is 4. The van der Waals surface area contributed by atoms with Gasteiger partial charge >= 0.3 is 6.09 Å². The van der Waals surface area contributed by atoms with Gasteiger partial charge in [-0.2, -0.15) is 4.31 Å². The van der Waals surface area contributed by atoms with Crippen molar-refractivity contribution in [2.45, 2.75) is 35.5 Å². The first-order chi connectivity index (χ1) is 26.3. The van der Waals surface area contributed by atoms with E-state index >= 15 is 8.42 Å². The van der Waals surface area contributed by atoms with Crippen molar-refractivity contribution in [2.24, 2.45) is 0 Å². The third-order valence-electron chi connectivity index (χ3n) is 8.28. The first-order valence-electron chi connectivity index (χ1n) is 16.4. The van der Waals surface area contributed by atoms with E-state index in [2.05, 4.69) is 20.2 Å². The minimum Gasteiger partial charge on any atom is -0.497 e. The number of carboxylic acid groups (broad SMARTS) is 1. The Hall–Kier alpha value is -4.87. The number of hydrogen-bond acceptors (Lipinski definition) is 12. The number of sulfonamides is 2. The Morgan fingerprint density at radius 3 is 1.80 bits per heavy atom. The molecule has 1 atom stereocenters. The van der Waals surface area contributed by atoms with Crippen LogP contribution >= 0.6 is 22.6 Å². The number of rotatable bonds is 18. The van der Waals surface area contributed by atoms with Crippen molar-refractivity contribution in [3.05, 3.63) is 105 Å². The topological polar surface area (TPSA) is 224 Å². The summed E-state index contributed by atoms with van der Waals surface area (Å²) < 4.78 is 80.2. The third-order valence-corrected chi connectivity index (χ3v) is 12.8. The van der Waals surface area contributed by atoms with Gasteiger partial charge in [-0.1, -0.05) is 36.4 Å². The van der Waals surface area contributed by atoms with E-state index in [1.165, 1.54) is 32.1 Å². The molecule has 0 saturated heterocycles. The molecular weight excluding hydrogens is 869 g/mol. The van der Waals surface area contributed by atoms with Crippen LogP contribution in [-0.4, -0.2) is 98.2 Å². The average molecular weight is 908 g/mol. The largest absolute Gasteiger partial charge is 0.497 e. The van der Waals surface area contributed by atoms with Crippen LogP contribution in [0.5, 0.6) is 17.2 Å². The third kappa shape index (κ3) is 10.1. The van der Waals surface area contributed by atoms with Gasteiger partial charge in [0.15, 0.2) is 5.82 Å². The Labute approximate surface area is 331 Å². The number of nitrogens with zero attached hydrogens (tertiary/aromatic N) is 5. The molecule has 0 aliphatic carbocycles. The van der Waals surface area contributed by atoms with Crippen molar-refractivity contribution in [3.8, 4) is 28.6 Å². The summed E-state index contributed by atoms with van der Waals surface area (Å²) >= 11 is 1.90. The number of nitrogens with one attached hydrogen (secondary N) is 2. The molecule has 0 aliphatic heterocycles. The number of benzene rings is 4. The van der Waals surface area contributed by atoms with Gasteiger partial charge in [-0.25, -0.2) is 31.0 Å². The zero-order chi connectivity index (χ0) is 39.8. The first-order valence-corrected chi connectivity index (χ1v) is 20.4. The molecule has 1 aromatic heterocycles. The van der Waals surface area contributed by atoms with Gasteiger partial charge in [0.25, 0.3) is 0 Å². The average Bonchev–Trinajstić information content (AvgIpc) is 3.64. The van der Waals surface area contributed by atoms with Gasteiger partial charge in [-0.3, -0.25) is 0 Å². The van der Waals surface area contributed by atoms with Crippen LogP contribution in [0, 0.1) is 3.57 Å². The van der Waals surface area contributed by atoms with Gasteiger partial charge in [0.05, 0.1) is 46.1 Å². The van der Waals surface area contributed by atoms with Gasteiger partial charge < -0.3 is 29.7 Å². The van der Waals surface area contributed by atoms with Crippen molar-refractivity contribution in [1.29, 1.82) is 0 Å². The van der Waals surface area contributed by atoms with E-state index in [-0.39, 0.29) is 31.0 Å². The maximum absolute atomic E-state index is 15.4. The second kappa shape index (κ2) is 18.2. The summed E-state index contributed by atoms with van der Waals surface area (Å²) in [7, 11) is -5.11. The normalized spacial score (nSPS) is 12.3. The second-order valence-electron chi connectivity index (χ2n) is 11.9. The molecule has 0 bridgehead atoms. The highest BCUT2D eigenvalue weighted by Crippen LogP contribution is 2.38. The molecule has 17 nitrogen and oxygen atoms in total. The standard InChI is InChI=1S/C35H38IN7O10S2/c1-51-27-10-4-23(5-11-27)19-42(20-24-6-12-28(52-2)13-7-24)55(49,50)33-31(54(47,48)39-26(22-44)18-37-35(45)46)17-16-30(36)32(33)34-38-40-41-43(34)21-25-8-14-29(53-3)15-9-25/h4-17,26,37,39,44H,18-22H2,1-3H3,(H,45,46)/t26-/m0/s1. The summed E-state index contributed by atoms with van der Waals surface area (Å²) in [4.78, 5) is 9.89. The highest BCUT2D eigenvalue weighted by Gasteiger charge is 2.38. The van der Waals surface area contributed by atoms with Crippen LogP contribution in [0.1, 0.15) is 16.7 Å². The Balaban J connectivity index is 1.73. The SMILES string of the molecule is COc1ccc(CN(Cc2ccc(OC)cc2)S(=O)(=O)c2c(S(=O)(=O)N[C@H](CO)CNC(=O)O)ccc(I)c2-c2nnnn2Cc2ccc(OC)cc2)cc1. The van der Waals surface area contributed by atoms with Gasteiger partial charge in [0.1, 0.15) is 27.0 Å². The fraction of sp³-hybridized carbons (Fsp3) is 0.257. The Kier molecular flexibility index (Phi) is 13.6. The number of aliphatic hydroxyl groups excluding tert-OH is 1. The summed E-state index contributed by atoms with van der Waals surface area (Å²) in [5.74, 6) is 1.66. The molecule has 20 heteroatoms. The van der Waals surface area contributed by atoms with Crippen LogP contribution in [0.4, 0.5) is 4.79 Å². The molecule has 292 valence electrons. The highest BCUT2D eigenvalue weighted by atomic mass is 127. The van der Waals surface area contributed by atoms with E-state index in [1.807, 2.05) is 27.9 Å². The Morgan fingerprint density at radius 1 is 0.818 bits per heavy atom. The molecule has 0 aliphatic rings. The minimum atomic E-state index is -4.84. The molecular formula is C35H38IN7O10S2. The van der Waals surface area contributed by atoms with E-state index < -0.39 is 55.1 Å². The Morgan fingerprint density at radius 2 is 1.33 bits per heavy atom. The number of methoxy groups -OCH3 is 3. The number of aromatic nitrogens is 4. The lowest BCUT2D eigenvalue weighted by molar-refractivity contribution is 0.190. The predicted molar refractivity (Wildman–Crippen MR) is 208 cm³/mol. The molecule has 1 amide bonds. The molecule has 0 spiro atoms. The first kappa shape index (κ1) is 41.3. The molecule has 4 aromatic carbocycles. The summed E-state index contributed by atoms with van der Waals surface area (Å²) in [5.41, 5.74) is 1.77. The monoisotopic (exact) mass is 907 g/mol. The van der Waals surface area contributed by atoms with Gasteiger partial charge in [-0.15, -0.1) is 5.10 Å². The van der Waals surface area contributed by atoms with Crippen LogP contribution in [-0.2, 0) is 39.7 Å². The maximum atomic E-state index is 15.4. The number of halogens is 1. The van der Waals surface area contributed by atoms with Crippen LogP contribution in [0.15, 0.2) is 94.7 Å². The van der Waals surface area contributed by atoms with E-state index in [1.54, 1.807) is 72.8 Å². The van der Waals surface area contributed by atoms with Crippen LogP contribution < -0.4 is 24.2 Å². The fourth-order valence-corrected chi connectivity index (χ4v) is 9.98. The molecule has 4 N–H and O–H groups in total. The van der Waals surface area contributed by atoms with E-state index in [0.29, 0.717) is 31.9 Å². The number of carbonyl (C=O) groups is 1. The zero-order valence-electron chi connectivity index (χ0n) is 29.8. The lowest BCUT2D eigenvalue weighted by Crippen LogP contribution is -2.46. The van der Waals surface area contributed by atoms with E-state index in [9.17, 15) is 18.3 Å². The van der Waals surface area contributed by atoms with Gasteiger partial charge in [-0.05, 0) is 98.2 Å². The predicted octanol–water partition coefficient (Wildman–Crippen LogP) is 3.32. The Bertz CT molecular complexity index is 2260. The maximum Gasteiger partial charge on any atom is 0.404 e. The molecule has 5 aromatic rings. The number of tetrazole rings is 1. The molecule has 55 heavy (non-hydrogen) atoms. The molecule has 0 saturated carbocycles. The number of aliphatic hydroxyl groups is 1. The van der Waals surface area contributed by atoms with Crippen molar-refractivity contribution in [3.63, 3.8) is 0 Å². The lowest BCUT2D eigenvalue weighted by Gasteiger charge is -2.26. The number of amides is 1. The second-order valence-corrected chi connectivity index (χ2v) is 16.6. The highest BCUT2D eigenvalue weighted by molar-refractivity contribution is 14.1. The minimum absolute atomic E-state index is 0.0454. The summed E-state index contributed by atoms with van der Waals surface area (Å²) in [6.45, 7) is -1.64. The van der Waals surface area contributed by atoms with Crippen molar-refractivity contribution in [2.75, 3.05) is 34.5 Å². The summed E-state index contributed by atoms with van der Waals surface area (Å²) in [6, 6.07) is 21.7. The zero-order valence-corrected chi connectivity index (χ0v) is 33.6. The van der Waals surface area contributed by atoms with Crippen LogP contribution in [0.25, 0.3) is 11.4 Å².